The van der Waals surface area contributed by atoms with Crippen LogP contribution in [0.4, 0.5) is 0 Å². The third kappa shape index (κ3) is 3.23. The molecule has 0 spiro atoms. The van der Waals surface area contributed by atoms with Gasteiger partial charge in [-0.3, -0.25) is 4.79 Å². The van der Waals surface area contributed by atoms with E-state index in [1.54, 1.807) is 4.90 Å². The Morgan fingerprint density at radius 2 is 2.17 bits per heavy atom. The van der Waals surface area contributed by atoms with Crippen molar-refractivity contribution < 1.29 is 17.9 Å². The summed E-state index contributed by atoms with van der Waals surface area (Å²) in [4.78, 5) is 13.7. The number of sulfone groups is 1. The van der Waals surface area contributed by atoms with Gasteiger partial charge in [0.05, 0.1) is 17.6 Å². The largest absolute Gasteiger partial charge is 0.376 e. The highest BCUT2D eigenvalue weighted by atomic mass is 32.2. The molecule has 0 aliphatic carbocycles. The number of hydrogen-bond donors (Lipinski definition) is 0. The Balaban J connectivity index is 2.03. The van der Waals surface area contributed by atoms with Gasteiger partial charge in [0.15, 0.2) is 9.84 Å². The topological polar surface area (TPSA) is 63.7 Å². The Kier molecular flexibility index (Phi) is 4.27. The summed E-state index contributed by atoms with van der Waals surface area (Å²) in [6, 6.07) is -0.147. The average Bonchev–Trinajstić information content (AvgIpc) is 2.94. The van der Waals surface area contributed by atoms with Crippen LogP contribution in [0.5, 0.6) is 0 Å². The van der Waals surface area contributed by atoms with Crippen LogP contribution >= 0.6 is 0 Å². The smallest absolute Gasteiger partial charge is 0.222 e. The van der Waals surface area contributed by atoms with Crippen molar-refractivity contribution >= 4 is 15.7 Å². The maximum atomic E-state index is 12.0. The van der Waals surface area contributed by atoms with Gasteiger partial charge >= 0.3 is 0 Å². The van der Waals surface area contributed by atoms with Crippen LogP contribution in [0, 0.1) is 0 Å². The van der Waals surface area contributed by atoms with Crippen molar-refractivity contribution in [2.45, 2.75) is 44.8 Å². The molecule has 2 aliphatic rings. The van der Waals surface area contributed by atoms with Crippen molar-refractivity contribution in [3.05, 3.63) is 0 Å². The first-order valence-electron chi connectivity index (χ1n) is 6.63. The third-order valence-corrected chi connectivity index (χ3v) is 5.45. The molecule has 2 fully saturated rings. The van der Waals surface area contributed by atoms with Crippen molar-refractivity contribution in [2.24, 2.45) is 0 Å². The molecule has 2 aliphatic heterocycles. The van der Waals surface area contributed by atoms with Crippen LogP contribution in [0.15, 0.2) is 0 Å². The molecule has 2 saturated heterocycles. The lowest BCUT2D eigenvalue weighted by Gasteiger charge is -2.30. The molecule has 0 saturated carbocycles. The van der Waals surface area contributed by atoms with E-state index < -0.39 is 9.84 Å². The second kappa shape index (κ2) is 5.57. The molecule has 2 rings (SSSR count). The van der Waals surface area contributed by atoms with E-state index in [2.05, 4.69) is 0 Å². The van der Waals surface area contributed by atoms with Gasteiger partial charge in [-0.25, -0.2) is 8.42 Å². The van der Waals surface area contributed by atoms with Gasteiger partial charge in [-0.05, 0) is 19.3 Å². The van der Waals surface area contributed by atoms with Crippen molar-refractivity contribution in [1.29, 1.82) is 0 Å². The predicted molar refractivity (Wildman–Crippen MR) is 68.0 cm³/mol. The van der Waals surface area contributed by atoms with Gasteiger partial charge < -0.3 is 9.64 Å². The van der Waals surface area contributed by atoms with E-state index in [1.807, 2.05) is 6.92 Å². The first-order valence-corrected chi connectivity index (χ1v) is 8.45. The molecule has 0 bridgehead atoms. The Morgan fingerprint density at radius 1 is 1.39 bits per heavy atom. The lowest BCUT2D eigenvalue weighted by atomic mass is 10.1. The van der Waals surface area contributed by atoms with Gasteiger partial charge in [0, 0.05) is 25.6 Å². The second-order valence-electron chi connectivity index (χ2n) is 5.09. The quantitative estimate of drug-likeness (QED) is 0.753. The summed E-state index contributed by atoms with van der Waals surface area (Å²) in [7, 11) is -2.95. The predicted octanol–water partition coefficient (Wildman–Crippen LogP) is 0.591. The highest BCUT2D eigenvalue weighted by Crippen LogP contribution is 2.21. The van der Waals surface area contributed by atoms with Gasteiger partial charge in [-0.1, -0.05) is 6.92 Å². The van der Waals surface area contributed by atoms with Crippen molar-refractivity contribution in [3.8, 4) is 0 Å². The number of carbonyl (C=O) groups is 1. The van der Waals surface area contributed by atoms with Crippen LogP contribution in [0.2, 0.25) is 0 Å². The lowest BCUT2D eigenvalue weighted by Crippen LogP contribution is -2.44. The number of rotatable bonds is 4. The van der Waals surface area contributed by atoms with Crippen LogP contribution in [-0.4, -0.2) is 56.0 Å². The fourth-order valence-electron chi connectivity index (χ4n) is 2.69. The fourth-order valence-corrected chi connectivity index (χ4v) is 4.42. The third-order valence-electron chi connectivity index (χ3n) is 3.70. The van der Waals surface area contributed by atoms with Crippen molar-refractivity contribution in [1.82, 2.24) is 4.90 Å². The zero-order valence-corrected chi connectivity index (χ0v) is 11.6. The molecule has 0 unspecified atom stereocenters. The van der Waals surface area contributed by atoms with Gasteiger partial charge in [0.25, 0.3) is 0 Å². The summed E-state index contributed by atoms with van der Waals surface area (Å²) in [5, 5.41) is 0. The Labute approximate surface area is 108 Å². The maximum Gasteiger partial charge on any atom is 0.222 e. The van der Waals surface area contributed by atoms with E-state index in [4.69, 9.17) is 4.74 Å². The van der Waals surface area contributed by atoms with Crippen molar-refractivity contribution in [2.75, 3.05) is 24.7 Å². The monoisotopic (exact) mass is 275 g/mol. The zero-order chi connectivity index (χ0) is 13.2. The molecule has 0 radical (unpaired) electrons. The SMILES string of the molecule is CCC(=O)N(C[C@H]1CCCO1)[C@@H]1CCS(=O)(=O)C1. The standard InChI is InChI=1S/C12H21NO4S/c1-2-12(14)13(8-11-4-3-6-17-11)10-5-7-18(15,16)9-10/h10-11H,2-9H2,1H3/t10-,11-/m1/s1. The van der Waals surface area contributed by atoms with E-state index in [0.29, 0.717) is 19.4 Å². The first-order chi connectivity index (χ1) is 8.52. The fraction of sp³-hybridized carbons (Fsp3) is 0.917. The molecular formula is C12H21NO4S. The summed E-state index contributed by atoms with van der Waals surface area (Å²) in [6.45, 7) is 3.11. The van der Waals surface area contributed by atoms with Gasteiger partial charge in [-0.15, -0.1) is 0 Å². The minimum Gasteiger partial charge on any atom is -0.376 e. The Morgan fingerprint density at radius 3 is 2.67 bits per heavy atom. The summed E-state index contributed by atoms with van der Waals surface area (Å²) in [5.41, 5.74) is 0. The van der Waals surface area contributed by atoms with E-state index in [1.165, 1.54) is 0 Å². The molecule has 104 valence electrons. The number of ether oxygens (including phenoxy) is 1. The molecule has 0 aromatic carbocycles. The lowest BCUT2D eigenvalue weighted by molar-refractivity contribution is -0.134. The molecule has 5 nitrogen and oxygen atoms in total. The summed E-state index contributed by atoms with van der Waals surface area (Å²) < 4.78 is 28.6. The first kappa shape index (κ1) is 13.8. The van der Waals surface area contributed by atoms with Gasteiger partial charge in [0.1, 0.15) is 0 Å². The summed E-state index contributed by atoms with van der Waals surface area (Å²) in [6.07, 6.45) is 3.07. The molecule has 0 aromatic rings. The molecule has 2 atom stereocenters. The highest BCUT2D eigenvalue weighted by Gasteiger charge is 2.35. The Hall–Kier alpha value is -0.620. The highest BCUT2D eigenvalue weighted by molar-refractivity contribution is 7.91. The number of amides is 1. The summed E-state index contributed by atoms with van der Waals surface area (Å²) >= 11 is 0. The average molecular weight is 275 g/mol. The minimum absolute atomic E-state index is 0.0348. The molecule has 6 heteroatoms. The van der Waals surface area contributed by atoms with Crippen LogP contribution in [0.1, 0.15) is 32.6 Å². The van der Waals surface area contributed by atoms with Crippen LogP contribution in [-0.2, 0) is 19.4 Å². The number of hydrogen-bond acceptors (Lipinski definition) is 4. The van der Waals surface area contributed by atoms with E-state index in [9.17, 15) is 13.2 Å². The molecule has 2 heterocycles. The second-order valence-corrected chi connectivity index (χ2v) is 7.32. The van der Waals surface area contributed by atoms with E-state index >= 15 is 0 Å². The van der Waals surface area contributed by atoms with Gasteiger partial charge in [-0.2, -0.15) is 0 Å². The molecule has 0 N–H and O–H groups in total. The molecule has 1 amide bonds. The normalized spacial score (nSPS) is 30.5. The van der Waals surface area contributed by atoms with Crippen LogP contribution in [0.25, 0.3) is 0 Å². The molecular weight excluding hydrogens is 254 g/mol. The Bertz CT molecular complexity index is 400. The molecule has 0 aromatic heterocycles. The maximum absolute atomic E-state index is 12.0. The number of nitrogens with zero attached hydrogens (tertiary/aromatic N) is 1. The van der Waals surface area contributed by atoms with Crippen molar-refractivity contribution in [3.63, 3.8) is 0 Å². The zero-order valence-electron chi connectivity index (χ0n) is 10.8. The van der Waals surface area contributed by atoms with Crippen LogP contribution < -0.4 is 0 Å². The van der Waals surface area contributed by atoms with Gasteiger partial charge in [0.2, 0.25) is 5.91 Å². The van der Waals surface area contributed by atoms with E-state index in [-0.39, 0.29) is 29.6 Å². The van der Waals surface area contributed by atoms with E-state index in [0.717, 1.165) is 19.4 Å². The van der Waals surface area contributed by atoms with Crippen LogP contribution in [0.3, 0.4) is 0 Å². The summed E-state index contributed by atoms with van der Waals surface area (Å²) in [5.74, 6) is 0.356. The molecule has 18 heavy (non-hydrogen) atoms. The minimum atomic E-state index is -2.95. The number of carbonyl (C=O) groups excluding carboxylic acids is 1.